The van der Waals surface area contributed by atoms with E-state index in [1.807, 2.05) is 19.2 Å². The van der Waals surface area contributed by atoms with Crippen LogP contribution in [-0.4, -0.2) is 92.1 Å². The molecular weight excluding hydrogens is 1150 g/mol. The number of hydrogen-bond donors (Lipinski definition) is 6. The number of carbonyl (C=O) groups excluding carboxylic acids is 2. The summed E-state index contributed by atoms with van der Waals surface area (Å²) in [6, 6.07) is 26.6. The number of ether oxygens (including phenoxy) is 2. The summed E-state index contributed by atoms with van der Waals surface area (Å²) in [7, 11) is 1.99. The minimum Gasteiger partial charge on any atom is -0.454 e. The van der Waals surface area contributed by atoms with Crippen LogP contribution in [0.1, 0.15) is 193 Å². The molecule has 0 radical (unpaired) electrons. The van der Waals surface area contributed by atoms with E-state index in [9.17, 15) is 9.90 Å². The molecule has 14 aliphatic carbocycles. The smallest absolute Gasteiger partial charge is 0.331 e. The van der Waals surface area contributed by atoms with Crippen molar-refractivity contribution in [3.05, 3.63) is 130 Å². The van der Waals surface area contributed by atoms with Gasteiger partial charge in [0.25, 0.3) is 0 Å². The van der Waals surface area contributed by atoms with E-state index in [1.165, 1.54) is 29.4 Å². The highest BCUT2D eigenvalue weighted by Crippen LogP contribution is 2.86. The molecule has 17 aliphatic rings. The molecule has 11 saturated carbocycles. The molecule has 3 aromatic carbocycles. The lowest BCUT2D eigenvalue weighted by Crippen LogP contribution is -2.89. The first-order valence-corrected chi connectivity index (χ1v) is 37.7. The van der Waals surface area contributed by atoms with E-state index in [4.69, 9.17) is 9.47 Å². The Morgan fingerprint density at radius 3 is 2.34 bits per heavy atom. The second-order valence-electron chi connectivity index (χ2n) is 35.3. The lowest BCUT2D eigenvalue weighted by Gasteiger charge is -2.79. The maximum atomic E-state index is 16.8. The molecule has 93 heavy (non-hydrogen) atoms. The Balaban J connectivity index is 0.857. The topological polar surface area (TPSA) is 166 Å². The van der Waals surface area contributed by atoms with Crippen molar-refractivity contribution in [3.8, 4) is 11.8 Å². The molecule has 492 valence electrons. The Bertz CT molecular complexity index is 3650. The molecule has 10 nitrogen and oxygen atoms in total. The van der Waals surface area contributed by atoms with Crippen molar-refractivity contribution in [1.82, 2.24) is 5.32 Å². The molecule has 4 spiro atoms. The van der Waals surface area contributed by atoms with Gasteiger partial charge < -0.3 is 45.1 Å². The van der Waals surface area contributed by atoms with E-state index < -0.39 is 73.8 Å². The molecule has 0 aromatic heterocycles. The summed E-state index contributed by atoms with van der Waals surface area (Å²) in [6.07, 6.45) is 27.3. The second kappa shape index (κ2) is 21.0. The van der Waals surface area contributed by atoms with Crippen LogP contribution in [0, 0.1) is 122 Å². The summed E-state index contributed by atoms with van der Waals surface area (Å²) < 4.78 is 14.9. The molecule has 0 amide bonds. The quantitative estimate of drug-likeness (QED) is 0.0641. The Hall–Kier alpha value is -4.44. The van der Waals surface area contributed by atoms with Gasteiger partial charge in [-0.3, -0.25) is 0 Å². The summed E-state index contributed by atoms with van der Waals surface area (Å²) in [5.74, 6) is 7.01. The van der Waals surface area contributed by atoms with Gasteiger partial charge in [0.15, 0.2) is 0 Å². The minimum atomic E-state index is -2.26. The molecule has 1 saturated heterocycles. The van der Waals surface area contributed by atoms with Crippen molar-refractivity contribution in [2.75, 3.05) is 7.05 Å². The Morgan fingerprint density at radius 2 is 1.54 bits per heavy atom. The van der Waals surface area contributed by atoms with Crippen LogP contribution < -0.4 is 5.32 Å². The SMILES string of the molecule is CNC1Cc2c(cccc2CO)C#CC2(CCCC2)CC23CC4(CCCC4)C4C5(C=O)CC67C(CC8Cc9cccc(c9)CC9CCC(C9)C9CC=CC%10CC(C6O8)C5(O)C(CC%109)C(O)C4(O)C2(O)CC2CC1C1OC(=O)C=C1C23)CC1CC(c2ccccc2)CCC17. The first kappa shape index (κ1) is 59.8. The van der Waals surface area contributed by atoms with E-state index in [-0.39, 0.29) is 78.7 Å². The number of hydrogen-bond acceptors (Lipinski definition) is 10. The number of benzene rings is 3. The molecule has 10 heteroatoms. The zero-order valence-electron chi connectivity index (χ0n) is 55.0. The van der Waals surface area contributed by atoms with Crippen LogP contribution in [-0.2, 0) is 44.9 Å². The van der Waals surface area contributed by atoms with Gasteiger partial charge in [-0.25, -0.2) is 4.79 Å². The molecule has 3 heterocycles. The van der Waals surface area contributed by atoms with Crippen LogP contribution in [0.3, 0.4) is 0 Å². The van der Waals surface area contributed by atoms with Crippen molar-refractivity contribution in [3.63, 3.8) is 0 Å². The van der Waals surface area contributed by atoms with Gasteiger partial charge in [-0.2, -0.15) is 0 Å². The standard InChI is InChI=1S/C83H101NO9/c1-84-69-40-62-52(16-10-18-56(62)43-85)24-29-76(25-5-6-26-76)44-78-45-77(27-7-8-28-77)75-79(47-86)46-80-59(35-57-34-53(22-23-66(57)80)51-14-3-2-4-15-51)38-60-33-49-13-9-12-48(30-49)31-50-20-21-55(32-50)61-19-11-17-54-37-68(74(80)92-60)82(79,90)67(39-63(54)61)73(88)83(75,91)81(78,89)42-58-36-64(69)72-65(71(58)78)41-70(87)93-72/h2-4,9-18,30,41,47,50,53-55,57-61,63-64,66-69,71-75,84-85,88-91H,5-8,19-23,25-28,31-40,42-46H2,1H3. The maximum absolute atomic E-state index is 16.8. The number of aldehydes is 1. The number of carbonyl (C=O) groups is 2. The van der Waals surface area contributed by atoms with Crippen molar-refractivity contribution < 1.29 is 44.6 Å². The van der Waals surface area contributed by atoms with Crippen LogP contribution in [0.5, 0.6) is 0 Å². The molecule has 26 atom stereocenters. The summed E-state index contributed by atoms with van der Waals surface area (Å²) in [5, 5.41) is 78.3. The van der Waals surface area contributed by atoms with Gasteiger partial charge >= 0.3 is 5.97 Å². The van der Waals surface area contributed by atoms with E-state index in [1.54, 1.807) is 6.08 Å². The normalized spacial score (nSPS) is 49.3. The number of aliphatic hydroxyl groups is 5. The number of rotatable bonds is 4. The maximum Gasteiger partial charge on any atom is 0.331 e. The summed E-state index contributed by atoms with van der Waals surface area (Å²) in [6.45, 7) is -0.120. The fourth-order valence-corrected chi connectivity index (χ4v) is 29.7. The molecule has 14 bridgehead atoms. The highest BCUT2D eigenvalue weighted by atomic mass is 16.5. The monoisotopic (exact) mass is 1260 g/mol. The van der Waals surface area contributed by atoms with Crippen LogP contribution in [0.2, 0.25) is 0 Å². The van der Waals surface area contributed by atoms with Crippen LogP contribution in [0.15, 0.2) is 96.6 Å². The number of nitrogens with one attached hydrogen (secondary N) is 1. The lowest BCUT2D eigenvalue weighted by atomic mass is 9.27. The number of allylic oxidation sites excluding steroid dienone is 2. The predicted octanol–water partition coefficient (Wildman–Crippen LogP) is 12.3. The van der Waals surface area contributed by atoms with E-state index in [0.717, 1.165) is 125 Å². The molecule has 12 fully saturated rings. The fourth-order valence-electron chi connectivity index (χ4n) is 29.7. The van der Waals surface area contributed by atoms with Crippen molar-refractivity contribution in [1.29, 1.82) is 0 Å². The highest BCUT2D eigenvalue weighted by molar-refractivity contribution is 5.86. The van der Waals surface area contributed by atoms with Gasteiger partial charge in [-0.15, -0.1) is 0 Å². The number of aliphatic hydroxyl groups excluding tert-OH is 2. The van der Waals surface area contributed by atoms with Gasteiger partial charge in [0.2, 0.25) is 0 Å². The first-order valence-electron chi connectivity index (χ1n) is 37.7. The minimum absolute atomic E-state index is 0.0793. The summed E-state index contributed by atoms with van der Waals surface area (Å²) in [5.41, 5.74) is -2.79. The molecule has 3 aromatic rings. The number of esters is 1. The van der Waals surface area contributed by atoms with Gasteiger partial charge in [0.1, 0.15) is 23.6 Å². The van der Waals surface area contributed by atoms with Gasteiger partial charge in [-0.1, -0.05) is 116 Å². The lowest BCUT2D eigenvalue weighted by molar-refractivity contribution is -0.415. The van der Waals surface area contributed by atoms with Crippen LogP contribution in [0.4, 0.5) is 0 Å². The number of fused-ring (bicyclic) bond motifs is 12. The molecule has 26 unspecified atom stereocenters. The molecule has 6 N–H and O–H groups in total. The zero-order chi connectivity index (χ0) is 62.8. The Labute approximate surface area is 551 Å². The van der Waals surface area contributed by atoms with Gasteiger partial charge in [0, 0.05) is 57.6 Å². The Kier molecular flexibility index (Phi) is 13.5. The molecule has 20 rings (SSSR count). The fraction of sp³-hybridized carbons (Fsp3) is 0.687. The third-order valence-electron chi connectivity index (χ3n) is 32.3. The zero-order valence-corrected chi connectivity index (χ0v) is 55.0. The largest absolute Gasteiger partial charge is 0.454 e. The third-order valence-corrected chi connectivity index (χ3v) is 32.3. The average molecular weight is 1260 g/mol. The van der Waals surface area contributed by atoms with E-state index in [0.29, 0.717) is 87.4 Å². The Morgan fingerprint density at radius 1 is 0.731 bits per heavy atom. The van der Waals surface area contributed by atoms with Gasteiger partial charge in [0.05, 0.1) is 35.9 Å². The second-order valence-corrected chi connectivity index (χ2v) is 35.3. The van der Waals surface area contributed by atoms with Crippen LogP contribution >= 0.6 is 0 Å². The van der Waals surface area contributed by atoms with E-state index >= 15 is 25.2 Å². The van der Waals surface area contributed by atoms with Crippen LogP contribution in [0.25, 0.3) is 0 Å². The van der Waals surface area contributed by atoms with Crippen molar-refractivity contribution in [2.24, 2.45) is 110 Å². The summed E-state index contributed by atoms with van der Waals surface area (Å²) >= 11 is 0. The average Bonchev–Trinajstić information content (AvgIpc) is 1.61. The first-order chi connectivity index (χ1) is 45.1. The highest BCUT2D eigenvalue weighted by Gasteiger charge is 2.91. The third kappa shape index (κ3) is 7.92. The summed E-state index contributed by atoms with van der Waals surface area (Å²) in [4.78, 5) is 31.3. The number of likely N-dealkylation sites (N-methyl/N-ethyl adjacent to an activating group) is 1. The van der Waals surface area contributed by atoms with Gasteiger partial charge in [-0.05, 0) is 265 Å². The van der Waals surface area contributed by atoms with E-state index in [2.05, 4.69) is 90.0 Å². The molecular formula is C83H101NO9. The van der Waals surface area contributed by atoms with Crippen molar-refractivity contribution in [2.45, 2.75) is 233 Å². The van der Waals surface area contributed by atoms with Crippen molar-refractivity contribution >= 4 is 12.3 Å². The molecule has 3 aliphatic heterocycles. The predicted molar refractivity (Wildman–Crippen MR) is 353 cm³/mol.